The second-order valence-electron chi connectivity index (χ2n) is 9.47. The molecule has 1 fully saturated rings. The van der Waals surface area contributed by atoms with E-state index in [2.05, 4.69) is 11.8 Å². The summed E-state index contributed by atoms with van der Waals surface area (Å²) in [5, 5.41) is 11.7. The van der Waals surface area contributed by atoms with E-state index in [4.69, 9.17) is 0 Å². The van der Waals surface area contributed by atoms with Crippen molar-refractivity contribution in [3.05, 3.63) is 117 Å². The number of hydrogen-bond acceptors (Lipinski definition) is 4. The first kappa shape index (κ1) is 25.4. The Kier molecular flexibility index (Phi) is 7.11. The largest absolute Gasteiger partial charge is 0.265 e. The Hall–Kier alpha value is -3.73. The van der Waals surface area contributed by atoms with Crippen LogP contribution in [0.25, 0.3) is 5.57 Å². The number of sulfonamides is 1. The molecule has 0 saturated carbocycles. The van der Waals surface area contributed by atoms with E-state index in [0.29, 0.717) is 11.1 Å². The molecule has 1 aliphatic heterocycles. The first-order chi connectivity index (χ1) is 17.1. The maximum atomic E-state index is 13.5. The van der Waals surface area contributed by atoms with E-state index in [1.807, 2.05) is 68.4 Å². The lowest BCUT2D eigenvalue weighted by Crippen LogP contribution is -2.34. The van der Waals surface area contributed by atoms with E-state index in [1.54, 1.807) is 31.2 Å². The van der Waals surface area contributed by atoms with Gasteiger partial charge in [-0.05, 0) is 56.2 Å². The maximum Gasteiger partial charge on any atom is 0.243 e. The van der Waals surface area contributed by atoms with Gasteiger partial charge in [0.05, 0.1) is 10.3 Å². The molecule has 1 atom stereocenters. The number of nitrogens with zero attached hydrogens (tertiary/aromatic N) is 2. The van der Waals surface area contributed by atoms with Crippen LogP contribution in [-0.4, -0.2) is 37.3 Å². The molecule has 0 aromatic heterocycles. The number of allylic oxidation sites excluding steroid dienone is 1. The van der Waals surface area contributed by atoms with Crippen molar-refractivity contribution in [1.82, 2.24) is 4.31 Å². The highest BCUT2D eigenvalue weighted by molar-refractivity contribution is 7.89. The summed E-state index contributed by atoms with van der Waals surface area (Å²) in [6, 6.07) is 23.9. The highest BCUT2D eigenvalue weighted by Gasteiger charge is 2.48. The number of rotatable bonds is 5. The molecule has 0 bridgehead atoms. The smallest absolute Gasteiger partial charge is 0.243 e. The molecule has 0 radical (unpaired) electrons. The molecule has 0 unspecified atom stereocenters. The molecule has 184 valence electrons. The van der Waals surface area contributed by atoms with Crippen molar-refractivity contribution in [2.45, 2.75) is 25.7 Å². The topological polar surface area (TPSA) is 80.5 Å². The summed E-state index contributed by atoms with van der Waals surface area (Å²) in [6.07, 6.45) is 0. The van der Waals surface area contributed by atoms with Crippen LogP contribution >= 0.6 is 0 Å². The zero-order valence-electron chi connectivity index (χ0n) is 20.6. The fourth-order valence-electron chi connectivity index (χ4n) is 4.45. The minimum absolute atomic E-state index is 0.00205. The molecular formula is C29H28N2O4S. The Bertz CT molecular complexity index is 1470. The SMILES string of the molecule is Cc1ccc(C#C/C(=C2\CN(S(=O)(=O)c3ccc(C)cc3)C[C@]2(C)C[N+](=O)[O-])c2ccccc2)cc1. The highest BCUT2D eigenvalue weighted by Crippen LogP contribution is 2.42. The molecule has 0 amide bonds. The van der Waals surface area contributed by atoms with Gasteiger partial charge in [-0.3, -0.25) is 10.1 Å². The monoisotopic (exact) mass is 500 g/mol. The lowest BCUT2D eigenvalue weighted by Gasteiger charge is -2.22. The quantitative estimate of drug-likeness (QED) is 0.277. The number of benzene rings is 3. The van der Waals surface area contributed by atoms with Crippen LogP contribution in [0.2, 0.25) is 0 Å². The van der Waals surface area contributed by atoms with Crippen molar-refractivity contribution < 1.29 is 13.3 Å². The Labute approximate surface area is 212 Å². The number of nitro groups is 1. The lowest BCUT2D eigenvalue weighted by atomic mass is 9.80. The first-order valence-corrected chi connectivity index (χ1v) is 13.1. The number of hydrogen-bond donors (Lipinski definition) is 0. The third-order valence-electron chi connectivity index (χ3n) is 6.47. The van der Waals surface area contributed by atoms with Crippen molar-refractivity contribution >= 4 is 15.6 Å². The van der Waals surface area contributed by atoms with Crippen molar-refractivity contribution in [1.29, 1.82) is 0 Å². The predicted octanol–water partition coefficient (Wildman–Crippen LogP) is 5.10. The molecule has 7 heteroatoms. The van der Waals surface area contributed by atoms with Crippen LogP contribution in [0.5, 0.6) is 0 Å². The van der Waals surface area contributed by atoms with Gasteiger partial charge in [-0.15, -0.1) is 0 Å². The van der Waals surface area contributed by atoms with E-state index < -0.39 is 22.0 Å². The minimum atomic E-state index is -3.85. The third kappa shape index (κ3) is 5.40. The summed E-state index contributed by atoms with van der Waals surface area (Å²) in [5.41, 5.74) is 3.95. The predicted molar refractivity (Wildman–Crippen MR) is 141 cm³/mol. The van der Waals surface area contributed by atoms with Crippen LogP contribution in [0.4, 0.5) is 0 Å². The van der Waals surface area contributed by atoms with E-state index >= 15 is 0 Å². The lowest BCUT2D eigenvalue weighted by molar-refractivity contribution is -0.493. The Morgan fingerprint density at radius 2 is 1.56 bits per heavy atom. The normalized spacial score (nSPS) is 19.4. The molecule has 0 N–H and O–H groups in total. The minimum Gasteiger partial charge on any atom is -0.265 e. The van der Waals surface area contributed by atoms with Crippen LogP contribution < -0.4 is 0 Å². The van der Waals surface area contributed by atoms with E-state index in [0.717, 1.165) is 22.3 Å². The van der Waals surface area contributed by atoms with E-state index in [9.17, 15) is 18.5 Å². The van der Waals surface area contributed by atoms with Crippen LogP contribution in [0, 0.1) is 41.2 Å². The molecule has 1 saturated heterocycles. The second kappa shape index (κ2) is 10.1. The molecular weight excluding hydrogens is 472 g/mol. The average Bonchev–Trinajstić information content (AvgIpc) is 3.18. The zero-order valence-corrected chi connectivity index (χ0v) is 21.4. The van der Waals surface area contributed by atoms with Crippen molar-refractivity contribution in [3.8, 4) is 11.8 Å². The summed E-state index contributed by atoms with van der Waals surface area (Å²) >= 11 is 0. The van der Waals surface area contributed by atoms with Gasteiger partial charge in [-0.1, -0.05) is 77.6 Å². The van der Waals surface area contributed by atoms with Crippen molar-refractivity contribution in [2.75, 3.05) is 19.6 Å². The molecule has 0 aliphatic carbocycles. The van der Waals surface area contributed by atoms with Gasteiger partial charge < -0.3 is 0 Å². The summed E-state index contributed by atoms with van der Waals surface area (Å²) in [7, 11) is -3.85. The molecule has 3 aromatic rings. The molecule has 1 aliphatic rings. The fraction of sp³-hybridized carbons (Fsp3) is 0.241. The zero-order chi connectivity index (χ0) is 25.9. The molecule has 36 heavy (non-hydrogen) atoms. The summed E-state index contributed by atoms with van der Waals surface area (Å²) < 4.78 is 28.4. The van der Waals surface area contributed by atoms with Crippen LogP contribution in [0.1, 0.15) is 29.2 Å². The molecule has 0 spiro atoms. The van der Waals surface area contributed by atoms with Crippen LogP contribution in [-0.2, 0) is 10.0 Å². The average molecular weight is 501 g/mol. The third-order valence-corrected chi connectivity index (χ3v) is 8.28. The molecule has 3 aromatic carbocycles. The van der Waals surface area contributed by atoms with Gasteiger partial charge in [0.15, 0.2) is 0 Å². The van der Waals surface area contributed by atoms with Crippen LogP contribution in [0.15, 0.2) is 89.3 Å². The Balaban J connectivity index is 1.87. The number of aryl methyl sites for hydroxylation is 2. The van der Waals surface area contributed by atoms with E-state index in [-0.39, 0.29) is 22.9 Å². The van der Waals surface area contributed by atoms with Gasteiger partial charge in [-0.2, -0.15) is 4.31 Å². The van der Waals surface area contributed by atoms with Gasteiger partial charge in [0.1, 0.15) is 0 Å². The summed E-state index contributed by atoms with van der Waals surface area (Å²) in [4.78, 5) is 11.5. The summed E-state index contributed by atoms with van der Waals surface area (Å²) in [5.74, 6) is 6.43. The van der Waals surface area contributed by atoms with Gasteiger partial charge in [-0.25, -0.2) is 8.42 Å². The fourth-order valence-corrected chi connectivity index (χ4v) is 5.98. The highest BCUT2D eigenvalue weighted by atomic mass is 32.2. The van der Waals surface area contributed by atoms with Gasteiger partial charge >= 0.3 is 0 Å². The Morgan fingerprint density at radius 3 is 2.14 bits per heavy atom. The first-order valence-electron chi connectivity index (χ1n) is 11.6. The molecule has 1 heterocycles. The maximum absolute atomic E-state index is 13.5. The van der Waals surface area contributed by atoms with Crippen molar-refractivity contribution in [3.63, 3.8) is 0 Å². The Morgan fingerprint density at radius 1 is 0.972 bits per heavy atom. The van der Waals surface area contributed by atoms with E-state index in [1.165, 1.54) is 4.31 Å². The standard InChI is InChI=1S/C29H28N2O4S/c1-22-9-13-24(14-10-22)15-18-27(25-7-5-4-6-8-25)28-19-30(20-29(28,3)21-31(32)33)36(34,35)26-16-11-23(2)12-17-26/h4-14,16-17H,19-21H2,1-3H3/b28-27-/t29-/m1/s1. The van der Waals surface area contributed by atoms with Gasteiger partial charge in [0.25, 0.3) is 0 Å². The van der Waals surface area contributed by atoms with Crippen molar-refractivity contribution in [2.24, 2.45) is 5.41 Å². The van der Waals surface area contributed by atoms with Gasteiger partial charge in [0, 0.05) is 29.1 Å². The molecule has 6 nitrogen and oxygen atoms in total. The summed E-state index contributed by atoms with van der Waals surface area (Å²) in [6.45, 7) is 5.28. The van der Waals surface area contributed by atoms with Gasteiger partial charge in [0.2, 0.25) is 16.6 Å². The second-order valence-corrected chi connectivity index (χ2v) is 11.4. The van der Waals surface area contributed by atoms with Crippen LogP contribution in [0.3, 0.4) is 0 Å². The molecule has 4 rings (SSSR count).